The van der Waals surface area contributed by atoms with Gasteiger partial charge in [-0.25, -0.2) is 8.78 Å². The Labute approximate surface area is 122 Å². The van der Waals surface area contributed by atoms with Gasteiger partial charge in [-0.05, 0) is 30.7 Å². The molecule has 2 nitrogen and oxygen atoms in total. The zero-order valence-corrected chi connectivity index (χ0v) is 11.9. The van der Waals surface area contributed by atoms with Gasteiger partial charge in [0.1, 0.15) is 0 Å². The first-order valence-corrected chi connectivity index (χ1v) is 7.40. The molecule has 1 aromatic rings. The molecule has 1 fully saturated rings. The normalized spacial score (nSPS) is 21.9. The molecule has 1 saturated carbocycles. The van der Waals surface area contributed by atoms with Crippen LogP contribution in [0.5, 0.6) is 0 Å². The Hall–Kier alpha value is -1.16. The molecule has 2 atom stereocenters. The highest BCUT2D eigenvalue weighted by Crippen LogP contribution is 2.31. The van der Waals surface area contributed by atoms with Gasteiger partial charge in [-0.15, -0.1) is 11.6 Å². The fourth-order valence-electron chi connectivity index (χ4n) is 2.75. The van der Waals surface area contributed by atoms with Crippen molar-refractivity contribution in [3.8, 4) is 0 Å². The van der Waals surface area contributed by atoms with Crippen molar-refractivity contribution in [3.63, 3.8) is 0 Å². The molecule has 0 saturated heterocycles. The fourth-order valence-corrected chi connectivity index (χ4v) is 3.16. The molecular weight excluding hydrogens is 284 g/mol. The number of alkyl halides is 1. The molecule has 1 aliphatic carbocycles. The molecule has 5 heteroatoms. The van der Waals surface area contributed by atoms with Gasteiger partial charge in [0.15, 0.2) is 11.6 Å². The third kappa shape index (κ3) is 3.69. The van der Waals surface area contributed by atoms with Crippen molar-refractivity contribution in [1.29, 1.82) is 0 Å². The number of nitrogens with one attached hydrogen (secondary N) is 1. The van der Waals surface area contributed by atoms with Crippen LogP contribution >= 0.6 is 11.6 Å². The van der Waals surface area contributed by atoms with E-state index in [0.29, 0.717) is 24.3 Å². The number of halogens is 3. The van der Waals surface area contributed by atoms with Crippen LogP contribution in [0.25, 0.3) is 0 Å². The van der Waals surface area contributed by atoms with Gasteiger partial charge in [0.2, 0.25) is 5.91 Å². The largest absolute Gasteiger partial charge is 0.356 e. The first-order chi connectivity index (χ1) is 9.61. The van der Waals surface area contributed by atoms with E-state index in [1.54, 1.807) is 0 Å². The molecule has 0 heterocycles. The van der Waals surface area contributed by atoms with Crippen molar-refractivity contribution >= 4 is 17.5 Å². The molecule has 2 rings (SSSR count). The molecule has 0 radical (unpaired) electrons. The predicted octanol–water partition coefficient (Wildman–Crippen LogP) is 3.28. The van der Waals surface area contributed by atoms with Crippen LogP contribution in [0.3, 0.4) is 0 Å². The molecule has 1 aliphatic rings. The molecule has 1 N–H and O–H groups in total. The second kappa shape index (κ2) is 7.02. The Bertz CT molecular complexity index is 481. The minimum atomic E-state index is -0.942. The molecule has 1 amide bonds. The Balaban J connectivity index is 1.85. The molecule has 110 valence electrons. The maximum Gasteiger partial charge on any atom is 0.224 e. The maximum absolute atomic E-state index is 13.4. The van der Waals surface area contributed by atoms with Crippen LogP contribution in [0.1, 0.15) is 24.8 Å². The summed E-state index contributed by atoms with van der Waals surface area (Å²) in [7, 11) is 0. The van der Waals surface area contributed by atoms with Crippen LogP contribution in [0.15, 0.2) is 18.2 Å². The average molecular weight is 302 g/mol. The van der Waals surface area contributed by atoms with Gasteiger partial charge in [-0.3, -0.25) is 4.79 Å². The van der Waals surface area contributed by atoms with E-state index in [2.05, 4.69) is 5.32 Å². The van der Waals surface area contributed by atoms with Gasteiger partial charge in [0.25, 0.3) is 0 Å². The molecular formula is C15H18ClF2NO. The molecule has 20 heavy (non-hydrogen) atoms. The summed E-state index contributed by atoms with van der Waals surface area (Å²) in [6.07, 6.45) is 3.16. The quantitative estimate of drug-likeness (QED) is 0.831. The third-order valence-corrected chi connectivity index (χ3v) is 4.36. The van der Waals surface area contributed by atoms with E-state index in [-0.39, 0.29) is 17.9 Å². The highest BCUT2D eigenvalue weighted by Gasteiger charge is 2.26. The summed E-state index contributed by atoms with van der Waals surface area (Å²) in [5.41, 5.74) is 0.0859. The Morgan fingerprint density at radius 1 is 1.30 bits per heavy atom. The summed E-state index contributed by atoms with van der Waals surface area (Å²) in [6, 6.07) is 3.87. The molecule has 0 spiro atoms. The van der Waals surface area contributed by atoms with Crippen molar-refractivity contribution in [1.82, 2.24) is 5.32 Å². The number of hydrogen-bond donors (Lipinski definition) is 1. The van der Waals surface area contributed by atoms with E-state index in [9.17, 15) is 13.6 Å². The lowest BCUT2D eigenvalue weighted by molar-refractivity contribution is -0.120. The first-order valence-electron chi connectivity index (χ1n) is 6.87. The van der Waals surface area contributed by atoms with Crippen molar-refractivity contribution in [3.05, 3.63) is 35.4 Å². The van der Waals surface area contributed by atoms with Gasteiger partial charge >= 0.3 is 0 Å². The highest BCUT2D eigenvalue weighted by atomic mass is 35.5. The zero-order chi connectivity index (χ0) is 14.5. The van der Waals surface area contributed by atoms with Crippen LogP contribution in [0.4, 0.5) is 8.78 Å². The summed E-state index contributed by atoms with van der Waals surface area (Å²) >= 11 is 5.88. The van der Waals surface area contributed by atoms with Crippen LogP contribution in [0.2, 0.25) is 0 Å². The van der Waals surface area contributed by atoms with Gasteiger partial charge in [-0.1, -0.05) is 18.6 Å². The van der Waals surface area contributed by atoms with Gasteiger partial charge in [-0.2, -0.15) is 0 Å². The molecule has 2 unspecified atom stereocenters. The number of rotatable bonds is 5. The number of hydrogen-bond acceptors (Lipinski definition) is 1. The smallest absolute Gasteiger partial charge is 0.224 e. The number of amides is 1. The molecule has 1 aromatic carbocycles. The van der Waals surface area contributed by atoms with Gasteiger partial charge in [0, 0.05) is 18.0 Å². The zero-order valence-electron chi connectivity index (χ0n) is 11.2. The fraction of sp³-hybridized carbons (Fsp3) is 0.533. The van der Waals surface area contributed by atoms with Crippen molar-refractivity contribution in [2.24, 2.45) is 11.8 Å². The first kappa shape index (κ1) is 15.2. The summed E-state index contributed by atoms with van der Waals surface area (Å²) in [4.78, 5) is 11.8. The van der Waals surface area contributed by atoms with E-state index in [1.807, 2.05) is 0 Å². The topological polar surface area (TPSA) is 29.1 Å². The Kier molecular flexibility index (Phi) is 5.35. The van der Waals surface area contributed by atoms with Crippen molar-refractivity contribution < 1.29 is 13.6 Å². The van der Waals surface area contributed by atoms with E-state index >= 15 is 0 Å². The van der Waals surface area contributed by atoms with Gasteiger partial charge < -0.3 is 5.32 Å². The number of carbonyl (C=O) groups excluding carboxylic acids is 1. The lowest BCUT2D eigenvalue weighted by Crippen LogP contribution is -2.32. The lowest BCUT2D eigenvalue weighted by Gasteiger charge is -2.17. The second-order valence-electron chi connectivity index (χ2n) is 5.30. The van der Waals surface area contributed by atoms with E-state index in [4.69, 9.17) is 11.6 Å². The molecule has 0 bridgehead atoms. The number of carbonyl (C=O) groups is 1. The van der Waals surface area contributed by atoms with E-state index in [1.165, 1.54) is 12.1 Å². The average Bonchev–Trinajstić information content (AvgIpc) is 2.89. The van der Waals surface area contributed by atoms with Crippen molar-refractivity contribution in [2.45, 2.75) is 25.7 Å². The standard InChI is InChI=1S/C15H18ClF2NO/c16-8-11-4-1-5-12(11)9-19-14(20)7-10-3-2-6-13(17)15(10)18/h2-3,6,11-12H,1,4-5,7-9H2,(H,19,20). The molecule has 0 aromatic heterocycles. The van der Waals surface area contributed by atoms with E-state index in [0.717, 1.165) is 25.3 Å². The minimum Gasteiger partial charge on any atom is -0.356 e. The Morgan fingerprint density at radius 2 is 2.05 bits per heavy atom. The van der Waals surface area contributed by atoms with Crippen LogP contribution in [-0.4, -0.2) is 18.3 Å². The van der Waals surface area contributed by atoms with Gasteiger partial charge in [0.05, 0.1) is 6.42 Å². The summed E-state index contributed by atoms with van der Waals surface area (Å²) in [6.45, 7) is 0.563. The summed E-state index contributed by atoms with van der Waals surface area (Å²) in [5.74, 6) is -0.694. The summed E-state index contributed by atoms with van der Waals surface area (Å²) < 4.78 is 26.5. The maximum atomic E-state index is 13.4. The molecule has 0 aliphatic heterocycles. The monoisotopic (exact) mass is 301 g/mol. The second-order valence-corrected chi connectivity index (χ2v) is 5.61. The van der Waals surface area contributed by atoms with Crippen molar-refractivity contribution in [2.75, 3.05) is 12.4 Å². The SMILES string of the molecule is O=C(Cc1cccc(F)c1F)NCC1CCCC1CCl. The number of benzene rings is 1. The predicted molar refractivity (Wildman–Crippen MR) is 74.6 cm³/mol. The van der Waals surface area contributed by atoms with Crippen LogP contribution in [0, 0.1) is 23.5 Å². The van der Waals surface area contributed by atoms with E-state index < -0.39 is 11.6 Å². The lowest BCUT2D eigenvalue weighted by atomic mass is 9.98. The minimum absolute atomic E-state index is 0.0859. The Morgan fingerprint density at radius 3 is 2.80 bits per heavy atom. The third-order valence-electron chi connectivity index (χ3n) is 3.96. The van der Waals surface area contributed by atoms with Crippen LogP contribution < -0.4 is 5.32 Å². The van der Waals surface area contributed by atoms with Crippen LogP contribution in [-0.2, 0) is 11.2 Å². The summed E-state index contributed by atoms with van der Waals surface area (Å²) in [5, 5.41) is 2.80. The highest BCUT2D eigenvalue weighted by molar-refractivity contribution is 6.18.